The summed E-state index contributed by atoms with van der Waals surface area (Å²) in [6.45, 7) is 5.54. The summed E-state index contributed by atoms with van der Waals surface area (Å²) in [7, 11) is 2.12. The highest BCUT2D eigenvalue weighted by atomic mass is 15.3. The Morgan fingerprint density at radius 3 is 2.92 bits per heavy atom. The third kappa shape index (κ3) is 3.37. The van der Waals surface area contributed by atoms with Gasteiger partial charge in [-0.3, -0.25) is 4.90 Å². The lowest BCUT2D eigenvalue weighted by Crippen LogP contribution is -2.51. The minimum Gasteiger partial charge on any atom is -0.346 e. The van der Waals surface area contributed by atoms with E-state index in [1.807, 2.05) is 18.5 Å². The zero-order valence-corrected chi connectivity index (χ0v) is 14.9. The van der Waals surface area contributed by atoms with E-state index in [0.29, 0.717) is 12.0 Å². The first kappa shape index (κ1) is 16.1. The van der Waals surface area contributed by atoms with Crippen LogP contribution >= 0.6 is 0 Å². The van der Waals surface area contributed by atoms with Crippen molar-refractivity contribution in [2.45, 2.75) is 25.9 Å². The molecule has 2 unspecified atom stereocenters. The van der Waals surface area contributed by atoms with E-state index in [2.05, 4.69) is 64.1 Å². The number of likely N-dealkylation sites (N-methyl/N-ethyl adjacent to an activating group) is 1. The number of H-pyrrole nitrogens is 1. The Kier molecular flexibility index (Phi) is 4.40. The second-order valence-electron chi connectivity index (χ2n) is 7.12. The van der Waals surface area contributed by atoms with Crippen molar-refractivity contribution in [1.29, 1.82) is 0 Å². The standard InChI is InChI=1S/C20H25N5/c1-15-9-11-25(13-16-6-4-3-5-7-16)14-18(15)24(2)20-22-12-17-8-10-21-19(17)23-20/h3-8,10,12,15,18H,9,11,13-14H2,1-2H3,(H,21,22,23). The summed E-state index contributed by atoms with van der Waals surface area (Å²) in [6.07, 6.45) is 5.01. The van der Waals surface area contributed by atoms with E-state index in [9.17, 15) is 0 Å². The molecule has 3 heterocycles. The maximum absolute atomic E-state index is 4.69. The number of hydrogen-bond acceptors (Lipinski definition) is 4. The van der Waals surface area contributed by atoms with E-state index >= 15 is 0 Å². The zero-order valence-electron chi connectivity index (χ0n) is 14.9. The molecule has 1 aliphatic heterocycles. The molecule has 1 fully saturated rings. The summed E-state index contributed by atoms with van der Waals surface area (Å²) in [4.78, 5) is 17.2. The fourth-order valence-electron chi connectivity index (χ4n) is 3.75. The normalized spacial score (nSPS) is 21.5. The van der Waals surface area contributed by atoms with Crippen molar-refractivity contribution in [3.63, 3.8) is 0 Å². The van der Waals surface area contributed by atoms with Gasteiger partial charge in [0.15, 0.2) is 0 Å². The summed E-state index contributed by atoms with van der Waals surface area (Å²) in [5, 5.41) is 1.06. The number of nitrogens with zero attached hydrogens (tertiary/aromatic N) is 4. The third-order valence-corrected chi connectivity index (χ3v) is 5.35. The first-order valence-corrected chi connectivity index (χ1v) is 9.00. The Labute approximate surface area is 148 Å². The predicted octanol–water partition coefficient (Wildman–Crippen LogP) is 3.30. The molecule has 0 spiro atoms. The van der Waals surface area contributed by atoms with E-state index in [4.69, 9.17) is 4.98 Å². The first-order chi connectivity index (χ1) is 12.2. The van der Waals surface area contributed by atoms with Gasteiger partial charge in [-0.25, -0.2) is 4.98 Å². The monoisotopic (exact) mass is 335 g/mol. The molecular weight excluding hydrogens is 310 g/mol. The zero-order chi connectivity index (χ0) is 17.2. The molecule has 0 saturated carbocycles. The summed E-state index contributed by atoms with van der Waals surface area (Å²) < 4.78 is 0. The minimum atomic E-state index is 0.421. The summed E-state index contributed by atoms with van der Waals surface area (Å²) >= 11 is 0. The molecule has 1 aliphatic rings. The predicted molar refractivity (Wildman–Crippen MR) is 102 cm³/mol. The quantitative estimate of drug-likeness (QED) is 0.795. The summed E-state index contributed by atoms with van der Waals surface area (Å²) in [5.74, 6) is 1.42. The maximum atomic E-state index is 4.69. The lowest BCUT2D eigenvalue weighted by molar-refractivity contribution is 0.158. The van der Waals surface area contributed by atoms with Gasteiger partial charge in [0.1, 0.15) is 5.65 Å². The molecule has 2 atom stereocenters. The first-order valence-electron chi connectivity index (χ1n) is 9.00. The molecule has 0 radical (unpaired) electrons. The van der Waals surface area contributed by atoms with Crippen LogP contribution in [0.5, 0.6) is 0 Å². The number of aromatic amines is 1. The molecule has 2 aromatic heterocycles. The molecule has 1 aromatic carbocycles. The van der Waals surface area contributed by atoms with Crippen molar-refractivity contribution < 1.29 is 0 Å². The lowest BCUT2D eigenvalue weighted by Gasteiger charge is -2.41. The smallest absolute Gasteiger partial charge is 0.227 e. The highest BCUT2D eigenvalue weighted by Gasteiger charge is 2.30. The Morgan fingerprint density at radius 2 is 2.08 bits per heavy atom. The van der Waals surface area contributed by atoms with Crippen LogP contribution in [0.15, 0.2) is 48.8 Å². The average Bonchev–Trinajstić information content (AvgIpc) is 3.11. The number of likely N-dealkylation sites (tertiary alicyclic amines) is 1. The minimum absolute atomic E-state index is 0.421. The number of rotatable bonds is 4. The summed E-state index contributed by atoms with van der Waals surface area (Å²) in [6, 6.07) is 13.1. The number of anilines is 1. The molecule has 0 aliphatic carbocycles. The molecule has 0 amide bonds. The van der Waals surface area contributed by atoms with Crippen molar-refractivity contribution in [2.24, 2.45) is 5.92 Å². The molecule has 5 nitrogen and oxygen atoms in total. The molecule has 5 heteroatoms. The molecule has 1 N–H and O–H groups in total. The van der Waals surface area contributed by atoms with Gasteiger partial charge in [0.2, 0.25) is 5.95 Å². The van der Waals surface area contributed by atoms with Gasteiger partial charge in [0.05, 0.1) is 0 Å². The van der Waals surface area contributed by atoms with Crippen LogP contribution in [0.2, 0.25) is 0 Å². The SMILES string of the molecule is CC1CCN(Cc2ccccc2)CC1N(C)c1ncc2cc[nH]c2n1. The van der Waals surface area contributed by atoms with Crippen LogP contribution in [0.3, 0.4) is 0 Å². The second kappa shape index (κ2) is 6.84. The highest BCUT2D eigenvalue weighted by Crippen LogP contribution is 2.25. The van der Waals surface area contributed by atoms with E-state index in [0.717, 1.165) is 36.6 Å². The number of hydrogen-bond donors (Lipinski definition) is 1. The Balaban J connectivity index is 1.50. The van der Waals surface area contributed by atoms with Crippen molar-refractivity contribution in [1.82, 2.24) is 19.9 Å². The van der Waals surface area contributed by atoms with Gasteiger partial charge in [0, 0.05) is 44.0 Å². The Bertz CT molecular complexity index is 828. The third-order valence-electron chi connectivity index (χ3n) is 5.35. The number of aromatic nitrogens is 3. The Hall–Kier alpha value is -2.40. The molecule has 4 rings (SSSR count). The van der Waals surface area contributed by atoms with Gasteiger partial charge in [-0.15, -0.1) is 0 Å². The van der Waals surface area contributed by atoms with E-state index in [1.54, 1.807) is 0 Å². The van der Waals surface area contributed by atoms with Gasteiger partial charge in [-0.2, -0.15) is 4.98 Å². The maximum Gasteiger partial charge on any atom is 0.227 e. The highest BCUT2D eigenvalue weighted by molar-refractivity contribution is 5.75. The number of fused-ring (bicyclic) bond motifs is 1. The largest absolute Gasteiger partial charge is 0.346 e. The number of piperidine rings is 1. The molecule has 130 valence electrons. The van der Waals surface area contributed by atoms with Crippen LogP contribution in [-0.2, 0) is 6.54 Å². The fourth-order valence-corrected chi connectivity index (χ4v) is 3.75. The molecule has 25 heavy (non-hydrogen) atoms. The van der Waals surface area contributed by atoms with Crippen molar-refractivity contribution in [3.05, 3.63) is 54.4 Å². The van der Waals surface area contributed by atoms with Crippen molar-refractivity contribution >= 4 is 17.0 Å². The topological polar surface area (TPSA) is 48.0 Å². The van der Waals surface area contributed by atoms with Gasteiger partial charge in [-0.1, -0.05) is 37.3 Å². The van der Waals surface area contributed by atoms with Crippen LogP contribution in [-0.4, -0.2) is 46.0 Å². The van der Waals surface area contributed by atoms with Gasteiger partial charge in [-0.05, 0) is 30.5 Å². The number of nitrogens with one attached hydrogen (secondary N) is 1. The van der Waals surface area contributed by atoms with Gasteiger partial charge < -0.3 is 9.88 Å². The van der Waals surface area contributed by atoms with E-state index in [-0.39, 0.29) is 0 Å². The van der Waals surface area contributed by atoms with Gasteiger partial charge >= 0.3 is 0 Å². The molecule has 3 aromatic rings. The van der Waals surface area contributed by atoms with Crippen LogP contribution in [0.4, 0.5) is 5.95 Å². The van der Waals surface area contributed by atoms with Crippen LogP contribution in [0.1, 0.15) is 18.9 Å². The molecule has 0 bridgehead atoms. The van der Waals surface area contributed by atoms with E-state index < -0.39 is 0 Å². The van der Waals surface area contributed by atoms with E-state index in [1.165, 1.54) is 12.0 Å². The van der Waals surface area contributed by atoms with Gasteiger partial charge in [0.25, 0.3) is 0 Å². The molecule has 1 saturated heterocycles. The van der Waals surface area contributed by atoms with Crippen LogP contribution in [0.25, 0.3) is 11.0 Å². The summed E-state index contributed by atoms with van der Waals surface area (Å²) in [5.41, 5.74) is 2.28. The second-order valence-corrected chi connectivity index (χ2v) is 7.12. The van der Waals surface area contributed by atoms with Crippen LogP contribution < -0.4 is 4.90 Å². The average molecular weight is 335 g/mol. The van der Waals surface area contributed by atoms with Crippen molar-refractivity contribution in [2.75, 3.05) is 25.0 Å². The fraction of sp³-hybridized carbons (Fsp3) is 0.400. The Morgan fingerprint density at radius 1 is 1.24 bits per heavy atom. The lowest BCUT2D eigenvalue weighted by atomic mass is 9.92. The molecular formula is C20H25N5. The van der Waals surface area contributed by atoms with Crippen LogP contribution in [0, 0.1) is 5.92 Å². The number of benzene rings is 1. The van der Waals surface area contributed by atoms with Crippen molar-refractivity contribution in [3.8, 4) is 0 Å².